The maximum Gasteiger partial charge on any atom is 0.266 e. The fourth-order valence-corrected chi connectivity index (χ4v) is 10.6. The van der Waals surface area contributed by atoms with Gasteiger partial charge in [-0.15, -0.1) is 0 Å². The van der Waals surface area contributed by atoms with Gasteiger partial charge in [0.2, 0.25) is 21.8 Å². The lowest BCUT2D eigenvalue weighted by atomic mass is 9.77. The molecule has 3 saturated heterocycles. The fourth-order valence-electron chi connectivity index (χ4n) is 8.45. The third-order valence-electron chi connectivity index (χ3n) is 11.4. The number of carbonyl (C=O) groups is 3. The second kappa shape index (κ2) is 11.3. The molecule has 0 radical (unpaired) electrons. The van der Waals surface area contributed by atoms with Gasteiger partial charge >= 0.3 is 0 Å². The number of hydrogen-bond donors (Lipinski definition) is 1. The predicted molar refractivity (Wildman–Crippen MR) is 160 cm³/mol. The van der Waals surface area contributed by atoms with Crippen molar-refractivity contribution in [3.05, 3.63) is 29.3 Å². The number of piperidine rings is 2. The van der Waals surface area contributed by atoms with Crippen molar-refractivity contribution in [3.63, 3.8) is 0 Å². The van der Waals surface area contributed by atoms with Crippen LogP contribution in [0.1, 0.15) is 87.1 Å². The number of imide groups is 1. The van der Waals surface area contributed by atoms with Gasteiger partial charge in [0.1, 0.15) is 23.9 Å². The van der Waals surface area contributed by atoms with Gasteiger partial charge in [-0.2, -0.15) is 0 Å². The summed E-state index contributed by atoms with van der Waals surface area (Å²) in [6.45, 7) is 4.15. The third-order valence-corrected chi connectivity index (χ3v) is 14.1. The highest BCUT2D eigenvalue weighted by molar-refractivity contribution is 7.90. The SMILES string of the molecule is CC1(S(=O)(=O)N2CCC(C3CN([C@@H]4[C@H](Oc5ccc6c(c5)CN(C5CCC(=O)NC5=O)C6=O)CCCC4(F)F)C3)CC2)CCC1. The summed E-state index contributed by atoms with van der Waals surface area (Å²) < 4.78 is 64.5. The van der Waals surface area contributed by atoms with Crippen molar-refractivity contribution in [1.82, 2.24) is 19.4 Å². The predicted octanol–water partition coefficient (Wildman–Crippen LogP) is 3.30. The Morgan fingerprint density at radius 3 is 2.36 bits per heavy atom. The molecule has 3 atom stereocenters. The number of ether oxygens (including phenoxy) is 1. The van der Waals surface area contributed by atoms with Gasteiger partial charge in [0.05, 0.1) is 4.75 Å². The molecule has 2 saturated carbocycles. The van der Waals surface area contributed by atoms with Crippen LogP contribution in [0, 0.1) is 11.8 Å². The molecule has 1 unspecified atom stereocenters. The second-order valence-corrected chi connectivity index (χ2v) is 16.7. The number of fused-ring (bicyclic) bond motifs is 1. The van der Waals surface area contributed by atoms with Crippen LogP contribution in [-0.2, 0) is 26.2 Å². The molecule has 4 heterocycles. The number of likely N-dealkylation sites (tertiary alicyclic amines) is 1. The number of alkyl halides is 2. The van der Waals surface area contributed by atoms with E-state index < -0.39 is 44.8 Å². The number of benzene rings is 1. The zero-order valence-electron chi connectivity index (χ0n) is 25.7. The van der Waals surface area contributed by atoms with Gasteiger partial charge in [0, 0.05) is 51.1 Å². The standard InChI is InChI=1S/C32H42F2N4O6S/c1-31(11-3-12-31)45(42,43)37-14-9-20(10-15-37)22-17-36(18-22)28-26(4-2-13-32(28,33)34)44-23-5-6-24-21(16-23)19-38(30(24)41)25-7-8-27(39)35-29(25)40/h5-6,16,20,22,25-26,28H,2-4,7-15,17-19H2,1H3,(H,35,39,40)/t25?,26-,28-/m1/s1. The Morgan fingerprint density at radius 2 is 1.69 bits per heavy atom. The summed E-state index contributed by atoms with van der Waals surface area (Å²) in [5.74, 6) is -3.03. The minimum atomic E-state index is -3.31. The molecule has 1 aromatic rings. The molecule has 4 aliphatic heterocycles. The van der Waals surface area contributed by atoms with E-state index in [1.165, 1.54) is 4.90 Å². The highest BCUT2D eigenvalue weighted by atomic mass is 32.2. The lowest BCUT2D eigenvalue weighted by molar-refractivity contribution is -0.172. The molecule has 7 rings (SSSR count). The van der Waals surface area contributed by atoms with E-state index in [1.54, 1.807) is 22.5 Å². The Hall–Kier alpha value is -2.64. The summed E-state index contributed by atoms with van der Waals surface area (Å²) in [5, 5.41) is 2.30. The zero-order valence-corrected chi connectivity index (χ0v) is 26.5. The molecule has 0 aromatic heterocycles. The quantitative estimate of drug-likeness (QED) is 0.451. The smallest absolute Gasteiger partial charge is 0.266 e. The largest absolute Gasteiger partial charge is 0.489 e. The summed E-state index contributed by atoms with van der Waals surface area (Å²) in [4.78, 5) is 40.3. The maximum absolute atomic E-state index is 15.5. The number of nitrogens with one attached hydrogen (secondary N) is 1. The molecular weight excluding hydrogens is 606 g/mol. The van der Waals surface area contributed by atoms with Gasteiger partial charge < -0.3 is 9.64 Å². The Balaban J connectivity index is 0.979. The number of halogens is 2. The van der Waals surface area contributed by atoms with E-state index >= 15 is 8.78 Å². The molecule has 0 bridgehead atoms. The topological polar surface area (TPSA) is 116 Å². The first-order chi connectivity index (χ1) is 21.4. The number of hydrogen-bond acceptors (Lipinski definition) is 7. The van der Waals surface area contributed by atoms with Crippen molar-refractivity contribution in [2.45, 2.75) is 107 Å². The van der Waals surface area contributed by atoms with Crippen LogP contribution in [0.5, 0.6) is 5.75 Å². The minimum absolute atomic E-state index is 0.167. The van der Waals surface area contributed by atoms with Crippen LogP contribution in [0.4, 0.5) is 8.78 Å². The van der Waals surface area contributed by atoms with Gasteiger partial charge in [0.25, 0.3) is 11.8 Å². The zero-order chi connectivity index (χ0) is 31.7. The van der Waals surface area contributed by atoms with Crippen LogP contribution in [0.25, 0.3) is 0 Å². The van der Waals surface area contributed by atoms with Gasteiger partial charge in [0.15, 0.2) is 0 Å². The Bertz CT molecular complexity index is 1490. The summed E-state index contributed by atoms with van der Waals surface area (Å²) in [5.41, 5.74) is 1.12. The van der Waals surface area contributed by atoms with Gasteiger partial charge in [-0.05, 0) is 87.5 Å². The van der Waals surface area contributed by atoms with Crippen molar-refractivity contribution in [2.75, 3.05) is 26.2 Å². The molecule has 13 heteroatoms. The molecule has 6 aliphatic rings. The third kappa shape index (κ3) is 5.36. The molecule has 246 valence electrons. The molecule has 2 aliphatic carbocycles. The van der Waals surface area contributed by atoms with Crippen molar-refractivity contribution in [1.29, 1.82) is 0 Å². The lowest BCUT2D eigenvalue weighted by Gasteiger charge is -2.53. The average Bonchev–Trinajstić information content (AvgIpc) is 3.27. The normalized spacial score (nSPS) is 31.2. The first-order valence-corrected chi connectivity index (χ1v) is 17.9. The van der Waals surface area contributed by atoms with E-state index in [2.05, 4.69) is 5.32 Å². The molecule has 45 heavy (non-hydrogen) atoms. The van der Waals surface area contributed by atoms with Crippen LogP contribution >= 0.6 is 0 Å². The minimum Gasteiger partial charge on any atom is -0.489 e. The maximum atomic E-state index is 15.5. The van der Waals surface area contributed by atoms with E-state index in [0.717, 1.165) is 32.1 Å². The Labute approximate surface area is 262 Å². The van der Waals surface area contributed by atoms with Crippen molar-refractivity contribution in [3.8, 4) is 5.75 Å². The summed E-state index contributed by atoms with van der Waals surface area (Å²) in [6, 6.07) is 3.20. The first-order valence-electron chi connectivity index (χ1n) is 16.4. The molecule has 3 amide bonds. The van der Waals surface area contributed by atoms with Crippen molar-refractivity contribution < 1.29 is 36.3 Å². The molecule has 1 aromatic carbocycles. The molecule has 10 nitrogen and oxygen atoms in total. The van der Waals surface area contributed by atoms with Crippen molar-refractivity contribution >= 4 is 27.7 Å². The van der Waals surface area contributed by atoms with Gasteiger partial charge in [-0.3, -0.25) is 24.6 Å². The van der Waals surface area contributed by atoms with Crippen LogP contribution < -0.4 is 10.1 Å². The van der Waals surface area contributed by atoms with E-state index in [-0.39, 0.29) is 43.5 Å². The van der Waals surface area contributed by atoms with Gasteiger partial charge in [-0.1, -0.05) is 6.42 Å². The van der Waals surface area contributed by atoms with Crippen LogP contribution in [0.3, 0.4) is 0 Å². The number of amides is 3. The number of rotatable bonds is 7. The van der Waals surface area contributed by atoms with Crippen molar-refractivity contribution in [2.24, 2.45) is 11.8 Å². The Morgan fingerprint density at radius 1 is 0.956 bits per heavy atom. The fraction of sp³-hybridized carbons (Fsp3) is 0.719. The van der Waals surface area contributed by atoms with E-state index in [1.807, 2.05) is 11.8 Å². The van der Waals surface area contributed by atoms with E-state index in [9.17, 15) is 22.8 Å². The number of sulfonamides is 1. The molecule has 5 fully saturated rings. The van der Waals surface area contributed by atoms with Crippen LogP contribution in [0.2, 0.25) is 0 Å². The lowest BCUT2D eigenvalue weighted by Crippen LogP contribution is -2.66. The van der Waals surface area contributed by atoms with E-state index in [4.69, 9.17) is 4.74 Å². The number of carbonyl (C=O) groups excluding carboxylic acids is 3. The second-order valence-electron chi connectivity index (χ2n) is 14.2. The molecule has 1 N–H and O–H groups in total. The van der Waals surface area contributed by atoms with E-state index in [0.29, 0.717) is 61.8 Å². The summed E-state index contributed by atoms with van der Waals surface area (Å²) in [6.07, 6.45) is 4.29. The van der Waals surface area contributed by atoms with Crippen LogP contribution in [-0.4, -0.2) is 95.3 Å². The molecule has 0 spiro atoms. The summed E-state index contributed by atoms with van der Waals surface area (Å²) in [7, 11) is -3.31. The highest BCUT2D eigenvalue weighted by Gasteiger charge is 2.55. The van der Waals surface area contributed by atoms with Crippen LogP contribution in [0.15, 0.2) is 18.2 Å². The number of nitrogens with zero attached hydrogens (tertiary/aromatic N) is 3. The Kier molecular flexibility index (Phi) is 7.75. The monoisotopic (exact) mass is 648 g/mol. The molecular formula is C32H42F2N4O6S. The first kappa shape index (κ1) is 31.0. The summed E-state index contributed by atoms with van der Waals surface area (Å²) >= 11 is 0. The van der Waals surface area contributed by atoms with Gasteiger partial charge in [-0.25, -0.2) is 21.5 Å². The average molecular weight is 649 g/mol. The highest BCUT2D eigenvalue weighted by Crippen LogP contribution is 2.45.